The lowest BCUT2D eigenvalue weighted by molar-refractivity contribution is -0.144. The third kappa shape index (κ3) is 16.6. The first-order valence-corrected chi connectivity index (χ1v) is 15.4. The van der Waals surface area contributed by atoms with Gasteiger partial charge < -0.3 is 58.7 Å². The molecule has 7 atom stereocenters. The van der Waals surface area contributed by atoms with Gasteiger partial charge in [0.25, 0.3) is 0 Å². The first-order valence-electron chi connectivity index (χ1n) is 14.7. The second-order valence-corrected chi connectivity index (χ2v) is 11.6. The molecule has 0 aromatic rings. The monoisotopic (exact) mass is 720 g/mol. The number of carboxylic acid groups (broad SMARTS) is 3. The average molecular weight is 721 g/mol. The molecule has 0 unspecified atom stereocenters. The molecule has 0 aromatic carbocycles. The molecular weight excluding hydrogens is 676 g/mol. The van der Waals surface area contributed by atoms with Crippen LogP contribution in [0.2, 0.25) is 0 Å². The Morgan fingerprint density at radius 1 is 0.571 bits per heavy atom. The minimum atomic E-state index is -1.83. The standard InChI is InChI=1S/C27H44N8O13S/c1-10(2)20(29)26(46)31-12(4)22(42)34-15(8-19(39)40)24(44)35-16(9-49)25(45)30-11(3)21(41)33-14(7-18(37)38)23(43)32-13(27(47)48)5-6-17(28)36/h10-16,20,49H,5-9,29H2,1-4H3,(H2,28,36)(H,30,45)(H,31,46)(H,32,43)(H,33,41)(H,34,42)(H,35,44)(H,37,38)(H,39,40)(H,47,48)/t11-,12-,13-,14-,15-,16-,20-/m0/s1. The van der Waals surface area contributed by atoms with E-state index in [0.29, 0.717) is 0 Å². The Kier molecular flexibility index (Phi) is 18.9. The molecule has 7 amide bonds. The normalized spacial score (nSPS) is 15.1. The molecule has 22 heteroatoms. The third-order valence-corrected chi connectivity index (χ3v) is 7.02. The average Bonchev–Trinajstić information content (AvgIpc) is 2.99. The van der Waals surface area contributed by atoms with Crippen molar-refractivity contribution in [1.82, 2.24) is 31.9 Å². The Bertz CT molecular complexity index is 1280. The van der Waals surface area contributed by atoms with Crippen LogP contribution in [0.3, 0.4) is 0 Å². The lowest BCUT2D eigenvalue weighted by atomic mass is 10.0. The second kappa shape index (κ2) is 21.1. The maximum atomic E-state index is 12.9. The fraction of sp³-hybridized carbons (Fsp3) is 0.630. The summed E-state index contributed by atoms with van der Waals surface area (Å²) >= 11 is 3.98. The molecule has 0 fully saturated rings. The number of hydrogen-bond acceptors (Lipinski definition) is 12. The Hall–Kier alpha value is -4.99. The van der Waals surface area contributed by atoms with Gasteiger partial charge in [0.05, 0.1) is 18.9 Å². The number of carbonyl (C=O) groups excluding carboxylic acids is 7. The second-order valence-electron chi connectivity index (χ2n) is 11.2. The summed E-state index contributed by atoms with van der Waals surface area (Å²) in [5, 5.41) is 40.7. The molecule has 0 heterocycles. The van der Waals surface area contributed by atoms with Gasteiger partial charge in [-0.05, 0) is 26.2 Å². The largest absolute Gasteiger partial charge is 0.481 e. The van der Waals surface area contributed by atoms with Crippen molar-refractivity contribution in [1.29, 1.82) is 0 Å². The van der Waals surface area contributed by atoms with Crippen molar-refractivity contribution >= 4 is 71.9 Å². The number of primary amides is 1. The van der Waals surface area contributed by atoms with Gasteiger partial charge in [-0.15, -0.1) is 0 Å². The number of nitrogens with one attached hydrogen (secondary N) is 6. The number of nitrogens with two attached hydrogens (primary N) is 2. The highest BCUT2D eigenvalue weighted by atomic mass is 32.1. The smallest absolute Gasteiger partial charge is 0.326 e. The molecule has 0 aliphatic rings. The summed E-state index contributed by atoms with van der Waals surface area (Å²) in [6.45, 7) is 5.75. The molecule has 49 heavy (non-hydrogen) atoms. The van der Waals surface area contributed by atoms with Crippen LogP contribution in [0.1, 0.15) is 53.4 Å². The number of carbonyl (C=O) groups is 10. The fourth-order valence-corrected chi connectivity index (χ4v) is 3.96. The van der Waals surface area contributed by atoms with Crippen LogP contribution in [0.5, 0.6) is 0 Å². The van der Waals surface area contributed by atoms with E-state index < -0.39 is 133 Å². The molecule has 0 aliphatic carbocycles. The van der Waals surface area contributed by atoms with E-state index in [0.717, 1.165) is 6.92 Å². The van der Waals surface area contributed by atoms with E-state index in [4.69, 9.17) is 11.5 Å². The van der Waals surface area contributed by atoms with E-state index in [1.54, 1.807) is 13.8 Å². The van der Waals surface area contributed by atoms with Crippen LogP contribution in [0, 0.1) is 5.92 Å². The third-order valence-electron chi connectivity index (χ3n) is 6.66. The van der Waals surface area contributed by atoms with Gasteiger partial charge in [0.2, 0.25) is 41.4 Å². The predicted octanol–water partition coefficient (Wildman–Crippen LogP) is -4.85. The zero-order chi connectivity index (χ0) is 38.2. The maximum Gasteiger partial charge on any atom is 0.326 e. The molecule has 21 nitrogen and oxygen atoms in total. The van der Waals surface area contributed by atoms with Gasteiger partial charge in [-0.2, -0.15) is 12.6 Å². The lowest BCUT2D eigenvalue weighted by Gasteiger charge is -2.25. The van der Waals surface area contributed by atoms with Gasteiger partial charge in [0.15, 0.2) is 0 Å². The topological polar surface area (TPSA) is 356 Å². The van der Waals surface area contributed by atoms with Gasteiger partial charge in [-0.3, -0.25) is 43.2 Å². The minimum absolute atomic E-state index is 0.262. The molecular formula is C27H44N8O13S. The van der Waals surface area contributed by atoms with Crippen LogP contribution in [-0.2, 0) is 47.9 Å². The summed E-state index contributed by atoms with van der Waals surface area (Å²) in [6, 6.07) is -10.4. The highest BCUT2D eigenvalue weighted by Crippen LogP contribution is 2.04. The predicted molar refractivity (Wildman–Crippen MR) is 170 cm³/mol. The molecule has 13 N–H and O–H groups in total. The molecule has 0 aliphatic heterocycles. The molecule has 0 bridgehead atoms. The lowest BCUT2D eigenvalue weighted by Crippen LogP contribution is -2.60. The van der Waals surface area contributed by atoms with Gasteiger partial charge in [0, 0.05) is 12.2 Å². The summed E-state index contributed by atoms with van der Waals surface area (Å²) in [5.41, 5.74) is 10.7. The highest BCUT2D eigenvalue weighted by molar-refractivity contribution is 7.80. The van der Waals surface area contributed by atoms with E-state index in [2.05, 4.69) is 39.2 Å². The molecule has 0 radical (unpaired) electrons. The van der Waals surface area contributed by atoms with Crippen molar-refractivity contribution in [3.05, 3.63) is 0 Å². The Labute approximate surface area is 285 Å². The first-order chi connectivity index (χ1) is 22.6. The van der Waals surface area contributed by atoms with Crippen LogP contribution in [-0.4, -0.2) is 123 Å². The van der Waals surface area contributed by atoms with Crippen molar-refractivity contribution in [2.75, 3.05) is 5.75 Å². The Morgan fingerprint density at radius 2 is 0.939 bits per heavy atom. The van der Waals surface area contributed by atoms with E-state index in [1.165, 1.54) is 6.92 Å². The summed E-state index contributed by atoms with van der Waals surface area (Å²) in [7, 11) is 0. The Morgan fingerprint density at radius 3 is 1.29 bits per heavy atom. The zero-order valence-corrected chi connectivity index (χ0v) is 28.1. The van der Waals surface area contributed by atoms with E-state index in [-0.39, 0.29) is 5.92 Å². The van der Waals surface area contributed by atoms with E-state index in [1.807, 2.05) is 5.32 Å². The van der Waals surface area contributed by atoms with Gasteiger partial charge >= 0.3 is 17.9 Å². The molecule has 0 spiro atoms. The van der Waals surface area contributed by atoms with Crippen LogP contribution < -0.4 is 43.4 Å². The molecule has 276 valence electrons. The van der Waals surface area contributed by atoms with Crippen molar-refractivity contribution in [3.63, 3.8) is 0 Å². The summed E-state index contributed by atoms with van der Waals surface area (Å²) in [6.07, 6.45) is -2.78. The number of carboxylic acids is 3. The number of hydrogen-bond donors (Lipinski definition) is 12. The quantitative estimate of drug-likeness (QED) is 0.0467. The molecule has 0 aromatic heterocycles. The number of amides is 7. The van der Waals surface area contributed by atoms with Crippen LogP contribution in [0.25, 0.3) is 0 Å². The fourth-order valence-electron chi connectivity index (χ4n) is 3.70. The van der Waals surface area contributed by atoms with E-state index >= 15 is 0 Å². The zero-order valence-electron chi connectivity index (χ0n) is 27.2. The molecule has 0 saturated carbocycles. The Balaban J connectivity index is 5.59. The van der Waals surface area contributed by atoms with Crippen LogP contribution in [0.4, 0.5) is 0 Å². The minimum Gasteiger partial charge on any atom is -0.481 e. The van der Waals surface area contributed by atoms with Crippen molar-refractivity contribution in [3.8, 4) is 0 Å². The molecule has 0 saturated heterocycles. The van der Waals surface area contributed by atoms with Gasteiger partial charge in [-0.25, -0.2) is 4.79 Å². The number of rotatable bonds is 22. The number of thiol groups is 1. The van der Waals surface area contributed by atoms with Crippen molar-refractivity contribution in [2.24, 2.45) is 17.4 Å². The molecule has 0 rings (SSSR count). The van der Waals surface area contributed by atoms with Crippen molar-refractivity contribution in [2.45, 2.75) is 95.7 Å². The van der Waals surface area contributed by atoms with E-state index in [9.17, 15) is 63.3 Å². The van der Waals surface area contributed by atoms with Crippen molar-refractivity contribution < 1.29 is 63.3 Å². The highest BCUT2D eigenvalue weighted by Gasteiger charge is 2.33. The van der Waals surface area contributed by atoms with Gasteiger partial charge in [0.1, 0.15) is 36.3 Å². The van der Waals surface area contributed by atoms with Crippen LogP contribution >= 0.6 is 12.6 Å². The summed E-state index contributed by atoms with van der Waals surface area (Å²) < 4.78 is 0. The maximum absolute atomic E-state index is 12.9. The van der Waals surface area contributed by atoms with Gasteiger partial charge in [-0.1, -0.05) is 13.8 Å². The first kappa shape index (κ1) is 44.0. The number of aliphatic carboxylic acids is 3. The summed E-state index contributed by atoms with van der Waals surface area (Å²) in [4.78, 5) is 121. The summed E-state index contributed by atoms with van der Waals surface area (Å²) in [5.74, 6) is -12.2. The SMILES string of the molecule is CC(C)[C@H](N)C(=O)N[C@@H](C)C(=O)N[C@@H](CC(=O)O)C(=O)N[C@@H](CS)C(=O)N[C@@H](C)C(=O)N[C@@H](CC(=O)O)C(=O)N[C@@H](CCC(N)=O)C(=O)O. The van der Waals surface area contributed by atoms with Crippen LogP contribution in [0.15, 0.2) is 0 Å².